The predicted molar refractivity (Wildman–Crippen MR) is 66.9 cm³/mol. The summed E-state index contributed by atoms with van der Waals surface area (Å²) >= 11 is 6.07. The fourth-order valence-corrected chi connectivity index (χ4v) is 1.97. The van der Waals surface area contributed by atoms with Crippen LogP contribution in [-0.4, -0.2) is 23.8 Å². The molecule has 0 atom stereocenters. The van der Waals surface area contributed by atoms with Gasteiger partial charge in [0, 0.05) is 24.0 Å². The molecule has 17 heavy (non-hydrogen) atoms. The number of H-pyrrole nitrogens is 1. The summed E-state index contributed by atoms with van der Waals surface area (Å²) in [6.07, 6.45) is 0.304. The molecule has 0 radical (unpaired) electrons. The largest absolute Gasteiger partial charge is 0.495 e. The quantitative estimate of drug-likeness (QED) is 0.876. The molecule has 4 nitrogen and oxygen atoms in total. The summed E-state index contributed by atoms with van der Waals surface area (Å²) in [5, 5.41) is 10.1. The molecule has 2 rings (SSSR count). The number of rotatable bonds is 3. The fraction of sp³-hybridized carbons (Fsp3) is 0.250. The van der Waals surface area contributed by atoms with Gasteiger partial charge in [-0.1, -0.05) is 11.6 Å². The molecular formula is C12H12ClNO3. The van der Waals surface area contributed by atoms with Gasteiger partial charge in [0.1, 0.15) is 5.75 Å². The zero-order valence-electron chi connectivity index (χ0n) is 9.29. The zero-order chi connectivity index (χ0) is 12.4. The number of hydrogen-bond donors (Lipinski definition) is 2. The van der Waals surface area contributed by atoms with E-state index in [0.29, 0.717) is 33.7 Å². The first-order chi connectivity index (χ1) is 8.17. The normalized spacial score (nSPS) is 10.8. The van der Waals surface area contributed by atoms with Gasteiger partial charge in [-0.15, -0.1) is 0 Å². The molecule has 0 aliphatic heterocycles. The van der Waals surface area contributed by atoms with Gasteiger partial charge in [0.05, 0.1) is 17.6 Å². The van der Waals surface area contributed by atoms with Crippen molar-refractivity contribution in [3.63, 3.8) is 0 Å². The van der Waals surface area contributed by atoms with Crippen molar-refractivity contribution in [1.82, 2.24) is 4.98 Å². The standard InChI is InChI=1S/C12H12ClNO3/c1-17-10-3-2-9(13)8-6-7(4-5-15)12(16)14-11(8)10/h2-3,6,15H,4-5H2,1H3,(H,14,16). The second kappa shape index (κ2) is 4.77. The van der Waals surface area contributed by atoms with Crippen molar-refractivity contribution in [2.75, 3.05) is 13.7 Å². The van der Waals surface area contributed by atoms with Crippen LogP contribution in [0.15, 0.2) is 23.0 Å². The lowest BCUT2D eigenvalue weighted by atomic mass is 10.1. The van der Waals surface area contributed by atoms with Gasteiger partial charge in [-0.3, -0.25) is 4.79 Å². The Morgan fingerprint density at radius 3 is 2.88 bits per heavy atom. The van der Waals surface area contributed by atoms with Gasteiger partial charge in [-0.25, -0.2) is 0 Å². The third-order valence-corrected chi connectivity index (χ3v) is 2.93. The summed E-state index contributed by atoms with van der Waals surface area (Å²) in [7, 11) is 1.53. The molecule has 1 aromatic heterocycles. The molecule has 5 heteroatoms. The Kier molecular flexibility index (Phi) is 3.36. The summed E-state index contributed by atoms with van der Waals surface area (Å²) in [6.45, 7) is -0.0732. The van der Waals surface area contributed by atoms with Crippen LogP contribution >= 0.6 is 11.6 Å². The number of pyridine rings is 1. The fourth-order valence-electron chi connectivity index (χ4n) is 1.75. The number of aromatic nitrogens is 1. The van der Waals surface area contributed by atoms with Crippen LogP contribution in [0.5, 0.6) is 5.75 Å². The highest BCUT2D eigenvalue weighted by atomic mass is 35.5. The Bertz CT molecular complexity index is 606. The van der Waals surface area contributed by atoms with Gasteiger partial charge >= 0.3 is 0 Å². The van der Waals surface area contributed by atoms with Crippen molar-refractivity contribution in [3.05, 3.63) is 39.1 Å². The van der Waals surface area contributed by atoms with E-state index in [-0.39, 0.29) is 12.2 Å². The van der Waals surface area contributed by atoms with E-state index in [2.05, 4.69) is 4.98 Å². The second-order valence-electron chi connectivity index (χ2n) is 3.64. The lowest BCUT2D eigenvalue weighted by Gasteiger charge is -2.08. The van der Waals surface area contributed by atoms with Crippen LogP contribution in [0.3, 0.4) is 0 Å². The van der Waals surface area contributed by atoms with E-state index in [1.165, 1.54) is 7.11 Å². The number of aromatic amines is 1. The third kappa shape index (κ3) is 2.14. The number of aliphatic hydroxyl groups is 1. The number of halogens is 1. The maximum absolute atomic E-state index is 11.7. The van der Waals surface area contributed by atoms with E-state index in [1.54, 1.807) is 18.2 Å². The Balaban J connectivity index is 2.77. The van der Waals surface area contributed by atoms with Crippen LogP contribution in [0.2, 0.25) is 5.02 Å². The summed E-state index contributed by atoms with van der Waals surface area (Å²) in [5.74, 6) is 0.567. The summed E-state index contributed by atoms with van der Waals surface area (Å²) in [4.78, 5) is 14.5. The van der Waals surface area contributed by atoms with E-state index in [4.69, 9.17) is 21.4 Å². The first-order valence-corrected chi connectivity index (χ1v) is 5.54. The number of nitrogens with one attached hydrogen (secondary N) is 1. The molecule has 2 aromatic rings. The highest BCUT2D eigenvalue weighted by Crippen LogP contribution is 2.29. The molecule has 0 amide bonds. The molecule has 2 N–H and O–H groups in total. The smallest absolute Gasteiger partial charge is 0.251 e. The van der Waals surface area contributed by atoms with E-state index >= 15 is 0 Å². The molecular weight excluding hydrogens is 242 g/mol. The van der Waals surface area contributed by atoms with Gasteiger partial charge in [-0.2, -0.15) is 0 Å². The summed E-state index contributed by atoms with van der Waals surface area (Å²) in [5.41, 5.74) is 0.856. The number of fused-ring (bicyclic) bond motifs is 1. The molecule has 0 bridgehead atoms. The summed E-state index contributed by atoms with van der Waals surface area (Å²) in [6, 6.07) is 5.10. The summed E-state index contributed by atoms with van der Waals surface area (Å²) < 4.78 is 5.16. The monoisotopic (exact) mass is 253 g/mol. The van der Waals surface area contributed by atoms with E-state index in [0.717, 1.165) is 0 Å². The zero-order valence-corrected chi connectivity index (χ0v) is 10.0. The Hall–Kier alpha value is -1.52. The molecule has 0 spiro atoms. The van der Waals surface area contributed by atoms with Crippen molar-refractivity contribution in [1.29, 1.82) is 0 Å². The van der Waals surface area contributed by atoms with Crippen molar-refractivity contribution in [2.24, 2.45) is 0 Å². The second-order valence-corrected chi connectivity index (χ2v) is 4.04. The van der Waals surface area contributed by atoms with Crippen LogP contribution in [0.4, 0.5) is 0 Å². The highest BCUT2D eigenvalue weighted by Gasteiger charge is 2.09. The Morgan fingerprint density at radius 1 is 1.47 bits per heavy atom. The van der Waals surface area contributed by atoms with Crippen LogP contribution in [0.25, 0.3) is 10.9 Å². The first kappa shape index (κ1) is 12.0. The molecule has 1 heterocycles. The van der Waals surface area contributed by atoms with Crippen LogP contribution in [0, 0.1) is 0 Å². The maximum Gasteiger partial charge on any atom is 0.251 e. The van der Waals surface area contributed by atoms with E-state index in [1.807, 2.05) is 0 Å². The minimum Gasteiger partial charge on any atom is -0.495 e. The van der Waals surface area contributed by atoms with Crippen molar-refractivity contribution in [3.8, 4) is 5.75 Å². The molecule has 0 aliphatic carbocycles. The SMILES string of the molecule is COc1ccc(Cl)c2cc(CCO)c(=O)[nH]c12. The number of aliphatic hydroxyl groups excluding tert-OH is 1. The first-order valence-electron chi connectivity index (χ1n) is 5.16. The topological polar surface area (TPSA) is 62.3 Å². The molecule has 1 aromatic carbocycles. The molecule has 0 saturated carbocycles. The predicted octanol–water partition coefficient (Wildman–Crippen LogP) is 1.72. The lowest BCUT2D eigenvalue weighted by Crippen LogP contribution is -2.14. The van der Waals surface area contributed by atoms with Crippen LogP contribution < -0.4 is 10.3 Å². The van der Waals surface area contributed by atoms with E-state index < -0.39 is 0 Å². The van der Waals surface area contributed by atoms with Crippen LogP contribution in [-0.2, 0) is 6.42 Å². The average molecular weight is 254 g/mol. The third-order valence-electron chi connectivity index (χ3n) is 2.60. The molecule has 90 valence electrons. The molecule has 0 fully saturated rings. The Labute approximate surface area is 103 Å². The number of methoxy groups -OCH3 is 1. The van der Waals surface area contributed by atoms with E-state index in [9.17, 15) is 4.79 Å². The minimum atomic E-state index is -0.230. The number of hydrogen-bond acceptors (Lipinski definition) is 3. The van der Waals surface area contributed by atoms with Crippen molar-refractivity contribution in [2.45, 2.75) is 6.42 Å². The molecule has 0 aliphatic rings. The average Bonchev–Trinajstić information content (AvgIpc) is 2.32. The Morgan fingerprint density at radius 2 is 2.24 bits per heavy atom. The molecule has 0 unspecified atom stereocenters. The van der Waals surface area contributed by atoms with Gasteiger partial charge in [-0.05, 0) is 18.2 Å². The van der Waals surface area contributed by atoms with Gasteiger partial charge in [0.2, 0.25) is 0 Å². The molecule has 0 saturated heterocycles. The van der Waals surface area contributed by atoms with Crippen molar-refractivity contribution < 1.29 is 9.84 Å². The van der Waals surface area contributed by atoms with Crippen molar-refractivity contribution >= 4 is 22.5 Å². The number of benzene rings is 1. The van der Waals surface area contributed by atoms with Crippen LogP contribution in [0.1, 0.15) is 5.56 Å². The minimum absolute atomic E-state index is 0.0732. The van der Waals surface area contributed by atoms with Gasteiger partial charge in [0.15, 0.2) is 0 Å². The number of ether oxygens (including phenoxy) is 1. The van der Waals surface area contributed by atoms with Gasteiger partial charge in [0.25, 0.3) is 5.56 Å². The maximum atomic E-state index is 11.7. The van der Waals surface area contributed by atoms with Gasteiger partial charge < -0.3 is 14.8 Å². The highest BCUT2D eigenvalue weighted by molar-refractivity contribution is 6.35. The lowest BCUT2D eigenvalue weighted by molar-refractivity contribution is 0.299.